The molecule has 2 rings (SSSR count). The Morgan fingerprint density at radius 1 is 1.39 bits per heavy atom. The Balaban J connectivity index is 2.17. The average molecular weight is 416 g/mol. The monoisotopic (exact) mass is 415 g/mol. The van der Waals surface area contributed by atoms with Gasteiger partial charge < -0.3 is 24.4 Å². The molecule has 1 N–H and O–H groups in total. The molecule has 10 nitrogen and oxygen atoms in total. The Morgan fingerprint density at radius 3 is 2.68 bits per heavy atom. The fourth-order valence-electron chi connectivity index (χ4n) is 2.98. The minimum absolute atomic E-state index is 0.0127. The highest BCUT2D eigenvalue weighted by Crippen LogP contribution is 2.32. The van der Waals surface area contributed by atoms with E-state index in [4.69, 9.17) is 25.8 Å². The molecule has 2 atom stereocenters. The van der Waals surface area contributed by atoms with Gasteiger partial charge in [-0.3, -0.25) is 14.9 Å². The molecular formula is C17H22ClN3O7. The van der Waals surface area contributed by atoms with E-state index in [1.165, 1.54) is 25.2 Å². The second kappa shape index (κ2) is 9.56. The lowest BCUT2D eigenvalue weighted by atomic mass is 10.0. The van der Waals surface area contributed by atoms with Gasteiger partial charge in [0.05, 0.1) is 42.9 Å². The number of nitro groups is 1. The van der Waals surface area contributed by atoms with E-state index in [1.807, 2.05) is 0 Å². The topological polar surface area (TPSA) is 120 Å². The van der Waals surface area contributed by atoms with Crippen molar-refractivity contribution in [3.63, 3.8) is 0 Å². The Morgan fingerprint density at radius 2 is 2.11 bits per heavy atom. The van der Waals surface area contributed by atoms with Crippen LogP contribution in [0.25, 0.3) is 0 Å². The molecule has 0 unspecified atom stereocenters. The zero-order valence-corrected chi connectivity index (χ0v) is 16.5. The Hall–Kier alpha value is -2.59. The molecule has 0 aliphatic carbocycles. The van der Waals surface area contributed by atoms with Gasteiger partial charge in [0.25, 0.3) is 11.6 Å². The summed E-state index contributed by atoms with van der Waals surface area (Å²) in [6, 6.07) is 1.90. The standard InChI is InChI=1S/C17H22ClN3O7/c1-4-28-17(23)20-6-5-12(15(9-20)27-3)19-16(22)10-7-13(21(24)25)11(18)8-14(10)26-2/h7-8,12,15H,4-6,9H2,1-3H3,(H,19,22)/t12-,15+/m0/s1. The van der Waals surface area contributed by atoms with Crippen molar-refractivity contribution < 1.29 is 28.7 Å². The minimum atomic E-state index is -0.672. The van der Waals surface area contributed by atoms with Crippen LogP contribution in [0.15, 0.2) is 12.1 Å². The first-order valence-electron chi connectivity index (χ1n) is 8.59. The van der Waals surface area contributed by atoms with Gasteiger partial charge in [-0.05, 0) is 13.3 Å². The number of piperidine rings is 1. The summed E-state index contributed by atoms with van der Waals surface area (Å²) in [6.45, 7) is 2.61. The average Bonchev–Trinajstić information content (AvgIpc) is 2.67. The van der Waals surface area contributed by atoms with Gasteiger partial charge in [-0.15, -0.1) is 0 Å². The van der Waals surface area contributed by atoms with Crippen LogP contribution in [0.3, 0.4) is 0 Å². The van der Waals surface area contributed by atoms with E-state index in [0.717, 1.165) is 6.07 Å². The molecule has 1 aromatic rings. The molecule has 1 aliphatic heterocycles. The van der Waals surface area contributed by atoms with Crippen molar-refractivity contribution in [1.82, 2.24) is 10.2 Å². The highest BCUT2D eigenvalue weighted by Gasteiger charge is 2.34. The van der Waals surface area contributed by atoms with Crippen molar-refractivity contribution in [2.75, 3.05) is 33.9 Å². The molecule has 28 heavy (non-hydrogen) atoms. The van der Waals surface area contributed by atoms with E-state index >= 15 is 0 Å². The quantitative estimate of drug-likeness (QED) is 0.558. The number of hydrogen-bond acceptors (Lipinski definition) is 7. The molecule has 0 aromatic heterocycles. The van der Waals surface area contributed by atoms with E-state index in [-0.39, 0.29) is 29.5 Å². The van der Waals surface area contributed by atoms with Crippen LogP contribution in [0.1, 0.15) is 23.7 Å². The molecule has 154 valence electrons. The molecule has 1 aromatic carbocycles. The van der Waals surface area contributed by atoms with Gasteiger partial charge in [-0.2, -0.15) is 0 Å². The Labute approximate surface area is 166 Å². The van der Waals surface area contributed by atoms with Crippen LogP contribution in [-0.4, -0.2) is 67.9 Å². The van der Waals surface area contributed by atoms with E-state index in [1.54, 1.807) is 6.92 Å². The number of rotatable bonds is 6. The van der Waals surface area contributed by atoms with Crippen LogP contribution in [-0.2, 0) is 9.47 Å². The molecule has 0 bridgehead atoms. The zero-order valence-electron chi connectivity index (χ0n) is 15.8. The normalized spacial score (nSPS) is 19.1. The number of likely N-dealkylation sites (tertiary alicyclic amines) is 1. The maximum Gasteiger partial charge on any atom is 0.409 e. The number of methoxy groups -OCH3 is 2. The number of nitrogens with zero attached hydrogens (tertiary/aromatic N) is 2. The summed E-state index contributed by atoms with van der Waals surface area (Å²) in [5, 5.41) is 13.8. The first kappa shape index (κ1) is 21.7. The van der Waals surface area contributed by atoms with Gasteiger partial charge in [0, 0.05) is 25.8 Å². The molecule has 0 radical (unpaired) electrons. The van der Waals surface area contributed by atoms with E-state index in [9.17, 15) is 19.7 Å². The van der Waals surface area contributed by atoms with Gasteiger partial charge in [0.1, 0.15) is 10.8 Å². The molecular weight excluding hydrogens is 394 g/mol. The molecule has 0 spiro atoms. The maximum absolute atomic E-state index is 12.7. The molecule has 0 saturated carbocycles. The number of carbonyl (C=O) groups excluding carboxylic acids is 2. The number of hydrogen-bond donors (Lipinski definition) is 1. The van der Waals surface area contributed by atoms with E-state index < -0.39 is 34.8 Å². The predicted molar refractivity (Wildman–Crippen MR) is 99.9 cm³/mol. The number of benzene rings is 1. The van der Waals surface area contributed by atoms with Crippen molar-refractivity contribution in [2.45, 2.75) is 25.5 Å². The first-order chi connectivity index (χ1) is 13.3. The van der Waals surface area contributed by atoms with Gasteiger partial charge in [0.2, 0.25) is 0 Å². The number of halogens is 1. The maximum atomic E-state index is 12.7. The van der Waals surface area contributed by atoms with Crippen molar-refractivity contribution >= 4 is 29.3 Å². The Kier molecular flexibility index (Phi) is 7.41. The smallest absolute Gasteiger partial charge is 0.409 e. The van der Waals surface area contributed by atoms with Crippen LogP contribution in [0, 0.1) is 10.1 Å². The molecule has 1 heterocycles. The lowest BCUT2D eigenvalue weighted by Gasteiger charge is -2.37. The largest absolute Gasteiger partial charge is 0.496 e. The van der Waals surface area contributed by atoms with Gasteiger partial charge in [-0.1, -0.05) is 11.6 Å². The third-order valence-electron chi connectivity index (χ3n) is 4.41. The number of nitro benzene ring substituents is 1. The summed E-state index contributed by atoms with van der Waals surface area (Å²) >= 11 is 5.87. The highest BCUT2D eigenvalue weighted by atomic mass is 35.5. The fourth-order valence-corrected chi connectivity index (χ4v) is 3.20. The third kappa shape index (κ3) is 4.82. The number of amides is 2. The molecule has 1 saturated heterocycles. The van der Waals surface area contributed by atoms with Crippen molar-refractivity contribution in [2.24, 2.45) is 0 Å². The van der Waals surface area contributed by atoms with Gasteiger partial charge in [-0.25, -0.2) is 4.79 Å². The molecule has 2 amide bonds. The number of ether oxygens (including phenoxy) is 3. The zero-order chi connectivity index (χ0) is 20.8. The molecule has 1 aliphatic rings. The second-order valence-corrected chi connectivity index (χ2v) is 6.46. The van der Waals surface area contributed by atoms with E-state index in [0.29, 0.717) is 13.0 Å². The van der Waals surface area contributed by atoms with Gasteiger partial charge in [0.15, 0.2) is 0 Å². The molecule has 11 heteroatoms. The summed E-state index contributed by atoms with van der Waals surface area (Å²) in [4.78, 5) is 36.6. The summed E-state index contributed by atoms with van der Waals surface area (Å²) in [5.41, 5.74) is -0.408. The number of nitrogens with one attached hydrogen (secondary N) is 1. The van der Waals surface area contributed by atoms with Crippen LogP contribution in [0.4, 0.5) is 10.5 Å². The summed E-state index contributed by atoms with van der Waals surface area (Å²) < 4.78 is 15.5. The third-order valence-corrected chi connectivity index (χ3v) is 4.72. The lowest BCUT2D eigenvalue weighted by molar-refractivity contribution is -0.384. The van der Waals surface area contributed by atoms with Crippen molar-refractivity contribution in [3.8, 4) is 5.75 Å². The van der Waals surface area contributed by atoms with Crippen LogP contribution < -0.4 is 10.1 Å². The van der Waals surface area contributed by atoms with E-state index in [2.05, 4.69) is 5.32 Å². The summed E-state index contributed by atoms with van der Waals surface area (Å²) in [6.07, 6.45) is -0.471. The van der Waals surface area contributed by atoms with Crippen LogP contribution >= 0.6 is 11.6 Å². The highest BCUT2D eigenvalue weighted by molar-refractivity contribution is 6.33. The lowest BCUT2D eigenvalue weighted by Crippen LogP contribution is -2.56. The predicted octanol–water partition coefficient (Wildman–Crippen LogP) is 2.23. The summed E-state index contributed by atoms with van der Waals surface area (Å²) in [7, 11) is 2.82. The first-order valence-corrected chi connectivity index (χ1v) is 8.97. The van der Waals surface area contributed by atoms with Crippen molar-refractivity contribution in [1.29, 1.82) is 0 Å². The summed E-state index contributed by atoms with van der Waals surface area (Å²) in [5.74, 6) is -0.445. The second-order valence-electron chi connectivity index (χ2n) is 6.05. The fraction of sp³-hybridized carbons (Fsp3) is 0.529. The number of carbonyl (C=O) groups is 2. The molecule has 1 fully saturated rings. The van der Waals surface area contributed by atoms with Gasteiger partial charge >= 0.3 is 6.09 Å². The van der Waals surface area contributed by atoms with Crippen LogP contribution in [0.5, 0.6) is 5.75 Å². The SMILES string of the molecule is CCOC(=O)N1CC[C@H](NC(=O)c2cc([N+](=O)[O-])c(Cl)cc2OC)[C@H](OC)C1. The minimum Gasteiger partial charge on any atom is -0.496 e. The van der Waals surface area contributed by atoms with Crippen molar-refractivity contribution in [3.05, 3.63) is 32.8 Å². The van der Waals surface area contributed by atoms with Crippen LogP contribution in [0.2, 0.25) is 5.02 Å². The Bertz CT molecular complexity index is 759.